The maximum atomic E-state index is 9.59. The lowest BCUT2D eigenvalue weighted by Gasteiger charge is -2.18. The average molecular weight is 156 g/mol. The zero-order valence-corrected chi connectivity index (χ0v) is 7.71. The highest BCUT2D eigenvalue weighted by Crippen LogP contribution is 2.16. The molecule has 0 radical (unpaired) electrons. The maximum absolute atomic E-state index is 9.59. The molecule has 0 aliphatic rings. The Bertz CT molecular complexity index is 95.0. The van der Waals surface area contributed by atoms with Crippen molar-refractivity contribution in [3.63, 3.8) is 0 Å². The number of aliphatic hydroxyl groups is 1. The Morgan fingerprint density at radius 2 is 1.91 bits per heavy atom. The van der Waals surface area contributed by atoms with Crippen LogP contribution in [-0.2, 0) is 0 Å². The first-order valence-electron chi connectivity index (χ1n) is 4.55. The summed E-state index contributed by atoms with van der Waals surface area (Å²) in [6, 6.07) is 0. The quantitative estimate of drug-likeness (QED) is 0.586. The molecule has 0 aliphatic carbocycles. The summed E-state index contributed by atoms with van der Waals surface area (Å²) < 4.78 is 0. The molecule has 1 N–H and O–H groups in total. The highest BCUT2D eigenvalue weighted by atomic mass is 16.3. The molecule has 0 rings (SSSR count). The lowest BCUT2D eigenvalue weighted by atomic mass is 9.93. The number of rotatable bonds is 6. The molecule has 0 unspecified atom stereocenters. The van der Waals surface area contributed by atoms with Crippen molar-refractivity contribution in [3.05, 3.63) is 12.7 Å². The predicted octanol–water partition coefficient (Wildman–Crippen LogP) is 2.75. The summed E-state index contributed by atoms with van der Waals surface area (Å²) in [5.41, 5.74) is 0. The van der Waals surface area contributed by atoms with Gasteiger partial charge in [0.25, 0.3) is 0 Å². The van der Waals surface area contributed by atoms with Gasteiger partial charge >= 0.3 is 0 Å². The summed E-state index contributed by atoms with van der Waals surface area (Å²) in [6.07, 6.45) is 5.70. The first kappa shape index (κ1) is 10.7. The number of aliphatic hydroxyl groups excluding tert-OH is 1. The van der Waals surface area contributed by atoms with E-state index in [1.807, 2.05) is 6.08 Å². The third kappa shape index (κ3) is 4.20. The minimum Gasteiger partial charge on any atom is -0.393 e. The second-order valence-corrected chi connectivity index (χ2v) is 3.01. The molecule has 1 atom stereocenters. The second kappa shape index (κ2) is 6.41. The van der Waals surface area contributed by atoms with Crippen LogP contribution in [0.15, 0.2) is 12.7 Å². The largest absolute Gasteiger partial charge is 0.393 e. The van der Waals surface area contributed by atoms with Crippen LogP contribution in [0.2, 0.25) is 0 Å². The SMILES string of the molecule is C=CCC[C@H](O)C(CC)CC. The van der Waals surface area contributed by atoms with Crippen LogP contribution in [0.4, 0.5) is 0 Å². The molecule has 0 bridgehead atoms. The molecule has 0 spiro atoms. The first-order chi connectivity index (χ1) is 5.26. The van der Waals surface area contributed by atoms with E-state index in [-0.39, 0.29) is 6.10 Å². The van der Waals surface area contributed by atoms with Crippen molar-refractivity contribution in [1.82, 2.24) is 0 Å². The normalized spacial score (nSPS) is 13.5. The van der Waals surface area contributed by atoms with Gasteiger partial charge in [0.2, 0.25) is 0 Å². The fourth-order valence-electron chi connectivity index (χ4n) is 1.36. The Balaban J connectivity index is 3.59. The molecule has 0 amide bonds. The topological polar surface area (TPSA) is 20.2 Å². The summed E-state index contributed by atoms with van der Waals surface area (Å²) in [5, 5.41) is 9.59. The molecule has 0 aromatic heterocycles. The van der Waals surface area contributed by atoms with Crippen LogP contribution in [-0.4, -0.2) is 11.2 Å². The van der Waals surface area contributed by atoms with E-state index in [4.69, 9.17) is 0 Å². The fraction of sp³-hybridized carbons (Fsp3) is 0.800. The van der Waals surface area contributed by atoms with E-state index in [9.17, 15) is 5.11 Å². The van der Waals surface area contributed by atoms with E-state index in [1.54, 1.807) is 0 Å². The van der Waals surface area contributed by atoms with Crippen LogP contribution >= 0.6 is 0 Å². The van der Waals surface area contributed by atoms with Crippen molar-refractivity contribution in [3.8, 4) is 0 Å². The Morgan fingerprint density at radius 3 is 2.27 bits per heavy atom. The van der Waals surface area contributed by atoms with Gasteiger partial charge in [0.05, 0.1) is 6.10 Å². The van der Waals surface area contributed by atoms with Gasteiger partial charge in [0.1, 0.15) is 0 Å². The highest BCUT2D eigenvalue weighted by Gasteiger charge is 2.13. The summed E-state index contributed by atoms with van der Waals surface area (Å²) in [7, 11) is 0. The molecule has 0 heterocycles. The molecule has 66 valence electrons. The van der Waals surface area contributed by atoms with E-state index in [1.165, 1.54) is 0 Å². The Labute approximate surface area is 70.1 Å². The summed E-state index contributed by atoms with van der Waals surface area (Å²) >= 11 is 0. The molecule has 0 saturated heterocycles. The lowest BCUT2D eigenvalue weighted by molar-refractivity contribution is 0.0952. The van der Waals surface area contributed by atoms with Gasteiger partial charge in [-0.1, -0.05) is 32.8 Å². The van der Waals surface area contributed by atoms with Crippen molar-refractivity contribution >= 4 is 0 Å². The molecule has 1 heteroatoms. The van der Waals surface area contributed by atoms with Crippen LogP contribution in [0, 0.1) is 5.92 Å². The van der Waals surface area contributed by atoms with Crippen LogP contribution in [0.1, 0.15) is 39.5 Å². The van der Waals surface area contributed by atoms with Crippen molar-refractivity contribution in [2.75, 3.05) is 0 Å². The molecular weight excluding hydrogens is 136 g/mol. The third-order valence-electron chi connectivity index (χ3n) is 2.26. The minimum atomic E-state index is -0.122. The van der Waals surface area contributed by atoms with Crippen LogP contribution in [0.25, 0.3) is 0 Å². The Kier molecular flexibility index (Phi) is 6.24. The van der Waals surface area contributed by atoms with Crippen LogP contribution < -0.4 is 0 Å². The molecule has 11 heavy (non-hydrogen) atoms. The van der Waals surface area contributed by atoms with E-state index < -0.39 is 0 Å². The van der Waals surface area contributed by atoms with Gasteiger partial charge in [-0.2, -0.15) is 0 Å². The average Bonchev–Trinajstić information content (AvgIpc) is 2.03. The van der Waals surface area contributed by atoms with Crippen molar-refractivity contribution in [2.45, 2.75) is 45.6 Å². The van der Waals surface area contributed by atoms with E-state index in [2.05, 4.69) is 20.4 Å². The summed E-state index contributed by atoms with van der Waals surface area (Å²) in [5.74, 6) is 0.481. The van der Waals surface area contributed by atoms with E-state index in [0.717, 1.165) is 25.7 Å². The van der Waals surface area contributed by atoms with Gasteiger partial charge in [-0.3, -0.25) is 0 Å². The maximum Gasteiger partial charge on any atom is 0.0571 e. The zero-order valence-electron chi connectivity index (χ0n) is 7.71. The molecule has 0 aliphatic heterocycles. The van der Waals surface area contributed by atoms with Crippen molar-refractivity contribution in [2.24, 2.45) is 5.92 Å². The smallest absolute Gasteiger partial charge is 0.0571 e. The molecular formula is C10H20O. The van der Waals surface area contributed by atoms with Gasteiger partial charge in [-0.05, 0) is 18.8 Å². The molecule has 0 fully saturated rings. The first-order valence-corrected chi connectivity index (χ1v) is 4.55. The molecule has 0 aromatic carbocycles. The third-order valence-corrected chi connectivity index (χ3v) is 2.26. The number of hydrogen-bond donors (Lipinski definition) is 1. The fourth-order valence-corrected chi connectivity index (χ4v) is 1.36. The standard InChI is InChI=1S/C10H20O/c1-4-7-8-10(11)9(5-2)6-3/h4,9-11H,1,5-8H2,2-3H3/t10-/m0/s1. The molecule has 1 nitrogen and oxygen atoms in total. The Hall–Kier alpha value is -0.300. The van der Waals surface area contributed by atoms with Crippen LogP contribution in [0.3, 0.4) is 0 Å². The van der Waals surface area contributed by atoms with Crippen molar-refractivity contribution in [1.29, 1.82) is 0 Å². The van der Waals surface area contributed by atoms with Gasteiger partial charge in [-0.15, -0.1) is 6.58 Å². The molecule has 0 saturated carbocycles. The zero-order chi connectivity index (χ0) is 8.69. The summed E-state index contributed by atoms with van der Waals surface area (Å²) in [6.45, 7) is 7.89. The van der Waals surface area contributed by atoms with Crippen LogP contribution in [0.5, 0.6) is 0 Å². The predicted molar refractivity (Wildman–Crippen MR) is 49.5 cm³/mol. The highest BCUT2D eigenvalue weighted by molar-refractivity contribution is 4.72. The summed E-state index contributed by atoms with van der Waals surface area (Å²) in [4.78, 5) is 0. The second-order valence-electron chi connectivity index (χ2n) is 3.01. The monoisotopic (exact) mass is 156 g/mol. The van der Waals surface area contributed by atoms with Crippen molar-refractivity contribution < 1.29 is 5.11 Å². The van der Waals surface area contributed by atoms with Gasteiger partial charge in [0.15, 0.2) is 0 Å². The van der Waals surface area contributed by atoms with E-state index in [0.29, 0.717) is 5.92 Å². The van der Waals surface area contributed by atoms with E-state index >= 15 is 0 Å². The van der Waals surface area contributed by atoms with Gasteiger partial charge in [0, 0.05) is 0 Å². The molecule has 0 aromatic rings. The number of allylic oxidation sites excluding steroid dienone is 1. The lowest BCUT2D eigenvalue weighted by Crippen LogP contribution is -2.18. The minimum absolute atomic E-state index is 0.122. The van der Waals surface area contributed by atoms with Gasteiger partial charge < -0.3 is 5.11 Å². The Morgan fingerprint density at radius 1 is 1.36 bits per heavy atom. The van der Waals surface area contributed by atoms with Gasteiger partial charge in [-0.25, -0.2) is 0 Å². The number of hydrogen-bond acceptors (Lipinski definition) is 1.